The summed E-state index contributed by atoms with van der Waals surface area (Å²) in [5.74, 6) is 5.15. The van der Waals surface area contributed by atoms with E-state index in [1.165, 1.54) is 30.7 Å². The number of rotatable bonds is 3. The Kier molecular flexibility index (Phi) is 5.89. The maximum atomic E-state index is 12.9. The second-order valence-electron chi connectivity index (χ2n) is 7.01. The zero-order valence-electron chi connectivity index (χ0n) is 16.8. The van der Waals surface area contributed by atoms with Crippen molar-refractivity contribution in [1.82, 2.24) is 25.1 Å². The third kappa shape index (κ3) is 4.79. The summed E-state index contributed by atoms with van der Waals surface area (Å²) in [6.45, 7) is 2.05. The molecule has 160 valence electrons. The minimum Gasteiger partial charge on any atom is -0.506 e. The van der Waals surface area contributed by atoms with Crippen molar-refractivity contribution in [3.05, 3.63) is 71.4 Å². The number of piperazine rings is 1. The van der Waals surface area contributed by atoms with Gasteiger partial charge in [-0.2, -0.15) is 0 Å². The van der Waals surface area contributed by atoms with E-state index >= 15 is 0 Å². The molecule has 1 aliphatic rings. The largest absolute Gasteiger partial charge is 0.506 e. The number of carbonyl (C=O) groups excluding carboxylic acids is 1. The average molecular weight is 430 g/mol. The third-order valence-corrected chi connectivity index (χ3v) is 4.82. The standard InChI is InChI=1S/C22H18N6O4/c29-18-10-16(12-24-14-18)2-1-15-9-17(13-23-11-15)21(30)28-7-5-27(6-8-28)20-4-3-19(22(31)32)25-26-20/h3-4,9-14,29H,5-8H2,(H,31,32). The van der Waals surface area contributed by atoms with Crippen LogP contribution in [0.3, 0.4) is 0 Å². The molecule has 0 saturated carbocycles. The van der Waals surface area contributed by atoms with Gasteiger partial charge < -0.3 is 20.0 Å². The summed E-state index contributed by atoms with van der Waals surface area (Å²) in [7, 11) is 0. The smallest absolute Gasteiger partial charge is 0.356 e. The number of hydrogen-bond acceptors (Lipinski definition) is 8. The Labute approximate surface area is 183 Å². The lowest BCUT2D eigenvalue weighted by Gasteiger charge is -2.35. The molecule has 1 amide bonds. The Morgan fingerprint density at radius 2 is 1.56 bits per heavy atom. The molecule has 32 heavy (non-hydrogen) atoms. The number of nitrogens with zero attached hydrogens (tertiary/aromatic N) is 6. The van der Waals surface area contributed by atoms with Crippen LogP contribution in [-0.2, 0) is 0 Å². The van der Waals surface area contributed by atoms with Gasteiger partial charge in [0.1, 0.15) is 5.75 Å². The van der Waals surface area contributed by atoms with Crippen LogP contribution in [0.15, 0.2) is 49.1 Å². The fraction of sp³-hybridized carbons (Fsp3) is 0.182. The van der Waals surface area contributed by atoms with Gasteiger partial charge in [-0.3, -0.25) is 14.8 Å². The van der Waals surface area contributed by atoms with Crippen molar-refractivity contribution in [2.75, 3.05) is 31.1 Å². The van der Waals surface area contributed by atoms with E-state index in [4.69, 9.17) is 5.11 Å². The summed E-state index contributed by atoms with van der Waals surface area (Å²) in [4.78, 5) is 35.5. The number of anilines is 1. The summed E-state index contributed by atoms with van der Waals surface area (Å²) in [5, 5.41) is 26.1. The topological polar surface area (TPSA) is 133 Å². The van der Waals surface area contributed by atoms with Crippen LogP contribution in [0.4, 0.5) is 5.82 Å². The normalized spacial score (nSPS) is 13.2. The molecule has 3 aromatic rings. The van der Waals surface area contributed by atoms with Gasteiger partial charge in [-0.15, -0.1) is 10.2 Å². The molecular weight excluding hydrogens is 412 g/mol. The Morgan fingerprint density at radius 1 is 0.875 bits per heavy atom. The number of aromatic nitrogens is 4. The number of aromatic carboxylic acids is 1. The van der Waals surface area contributed by atoms with Crippen molar-refractivity contribution in [2.24, 2.45) is 0 Å². The molecule has 2 N–H and O–H groups in total. The third-order valence-electron chi connectivity index (χ3n) is 4.82. The lowest BCUT2D eigenvalue weighted by Crippen LogP contribution is -2.49. The molecule has 3 aromatic heterocycles. The zero-order valence-corrected chi connectivity index (χ0v) is 16.8. The van der Waals surface area contributed by atoms with Crippen molar-refractivity contribution >= 4 is 17.7 Å². The number of aromatic hydroxyl groups is 1. The lowest BCUT2D eigenvalue weighted by molar-refractivity contribution is 0.0687. The first-order valence-corrected chi connectivity index (χ1v) is 9.72. The van der Waals surface area contributed by atoms with E-state index < -0.39 is 5.97 Å². The predicted molar refractivity (Wildman–Crippen MR) is 113 cm³/mol. The molecule has 0 aliphatic carbocycles. The molecule has 0 unspecified atom stereocenters. The van der Waals surface area contributed by atoms with Crippen LogP contribution in [0.5, 0.6) is 5.75 Å². The minimum atomic E-state index is -1.13. The predicted octanol–water partition coefficient (Wildman–Crippen LogP) is 1.03. The van der Waals surface area contributed by atoms with Crippen LogP contribution in [0.1, 0.15) is 32.0 Å². The van der Waals surface area contributed by atoms with Crippen LogP contribution in [0.2, 0.25) is 0 Å². The molecule has 10 heteroatoms. The summed E-state index contributed by atoms with van der Waals surface area (Å²) in [6, 6.07) is 6.21. The van der Waals surface area contributed by atoms with Gasteiger partial charge in [-0.25, -0.2) is 4.79 Å². The molecule has 1 saturated heterocycles. The van der Waals surface area contributed by atoms with E-state index in [0.29, 0.717) is 48.7 Å². The first-order valence-electron chi connectivity index (χ1n) is 9.72. The Balaban J connectivity index is 1.40. The second-order valence-corrected chi connectivity index (χ2v) is 7.01. The molecule has 0 aromatic carbocycles. The van der Waals surface area contributed by atoms with E-state index in [1.54, 1.807) is 23.2 Å². The van der Waals surface area contributed by atoms with Gasteiger partial charge in [-0.05, 0) is 24.3 Å². The molecule has 0 spiro atoms. The highest BCUT2D eigenvalue weighted by Gasteiger charge is 2.23. The number of carboxylic acids is 1. The molecule has 0 atom stereocenters. The maximum Gasteiger partial charge on any atom is 0.356 e. The maximum absolute atomic E-state index is 12.9. The highest BCUT2D eigenvalue weighted by molar-refractivity contribution is 5.94. The molecule has 4 heterocycles. The quantitative estimate of drug-likeness (QED) is 0.585. The van der Waals surface area contributed by atoms with Gasteiger partial charge >= 0.3 is 5.97 Å². The van der Waals surface area contributed by atoms with Crippen molar-refractivity contribution in [3.8, 4) is 17.6 Å². The molecule has 4 rings (SSSR count). The summed E-state index contributed by atoms with van der Waals surface area (Å²) >= 11 is 0. The summed E-state index contributed by atoms with van der Waals surface area (Å²) in [5.41, 5.74) is 1.45. The molecule has 0 bridgehead atoms. The van der Waals surface area contributed by atoms with E-state index in [0.717, 1.165) is 0 Å². The van der Waals surface area contributed by atoms with Crippen LogP contribution in [0, 0.1) is 11.8 Å². The highest BCUT2D eigenvalue weighted by Crippen LogP contribution is 2.15. The molecule has 0 radical (unpaired) electrons. The molecule has 1 aliphatic heterocycles. The van der Waals surface area contributed by atoms with Gasteiger partial charge in [0.05, 0.1) is 11.8 Å². The van der Waals surface area contributed by atoms with Crippen molar-refractivity contribution in [3.63, 3.8) is 0 Å². The fourth-order valence-electron chi connectivity index (χ4n) is 3.19. The van der Waals surface area contributed by atoms with Gasteiger partial charge in [0.2, 0.25) is 0 Å². The van der Waals surface area contributed by atoms with Gasteiger partial charge in [0.15, 0.2) is 11.5 Å². The number of carbonyl (C=O) groups is 2. The Hall–Kier alpha value is -4.52. The van der Waals surface area contributed by atoms with Gasteiger partial charge in [0, 0.05) is 55.9 Å². The van der Waals surface area contributed by atoms with Crippen LogP contribution in [0.25, 0.3) is 0 Å². The molecule has 10 nitrogen and oxygen atoms in total. The lowest BCUT2D eigenvalue weighted by atomic mass is 10.1. The van der Waals surface area contributed by atoms with E-state index in [2.05, 4.69) is 32.0 Å². The first-order chi connectivity index (χ1) is 15.5. The van der Waals surface area contributed by atoms with Gasteiger partial charge in [0.25, 0.3) is 5.91 Å². The minimum absolute atomic E-state index is 0.0294. The van der Waals surface area contributed by atoms with Gasteiger partial charge in [-0.1, -0.05) is 11.8 Å². The molecular formula is C22H18N6O4. The van der Waals surface area contributed by atoms with Crippen molar-refractivity contribution in [2.45, 2.75) is 0 Å². The summed E-state index contributed by atoms with van der Waals surface area (Å²) in [6.07, 6.45) is 5.93. The van der Waals surface area contributed by atoms with Crippen LogP contribution < -0.4 is 4.90 Å². The number of pyridine rings is 2. The second kappa shape index (κ2) is 9.09. The van der Waals surface area contributed by atoms with Crippen LogP contribution in [-0.4, -0.2) is 73.3 Å². The fourth-order valence-corrected chi connectivity index (χ4v) is 3.19. The molecule has 1 fully saturated rings. The number of carboxylic acid groups (broad SMARTS) is 1. The monoisotopic (exact) mass is 430 g/mol. The zero-order chi connectivity index (χ0) is 22.5. The van der Waals surface area contributed by atoms with Crippen molar-refractivity contribution in [1.29, 1.82) is 0 Å². The van der Waals surface area contributed by atoms with Crippen LogP contribution >= 0.6 is 0 Å². The Morgan fingerprint density at radius 3 is 2.19 bits per heavy atom. The van der Waals surface area contributed by atoms with E-state index in [1.807, 2.05) is 4.90 Å². The highest BCUT2D eigenvalue weighted by atomic mass is 16.4. The SMILES string of the molecule is O=C(O)c1ccc(N2CCN(C(=O)c3cncc(C#Cc4cncc(O)c4)c3)CC2)nn1. The van der Waals surface area contributed by atoms with E-state index in [-0.39, 0.29) is 17.4 Å². The van der Waals surface area contributed by atoms with E-state index in [9.17, 15) is 14.7 Å². The Bertz CT molecular complexity index is 1210. The number of hydrogen-bond donors (Lipinski definition) is 2. The first kappa shape index (κ1) is 20.7. The van der Waals surface area contributed by atoms with Crippen molar-refractivity contribution < 1.29 is 19.8 Å². The average Bonchev–Trinajstić information content (AvgIpc) is 2.83. The summed E-state index contributed by atoms with van der Waals surface area (Å²) < 4.78 is 0. The number of amides is 1.